The SMILES string of the molecule is CCN(CCOC)c1ccc2c(-c3cc(C(OC)c4nccs4)ccc3F)ncnc2c1. The Morgan fingerprint density at radius 3 is 2.69 bits per heavy atom. The van der Waals surface area contributed by atoms with Gasteiger partial charge in [-0.05, 0) is 42.8 Å². The number of hydrogen-bond acceptors (Lipinski definition) is 7. The van der Waals surface area contributed by atoms with Crippen LogP contribution in [0, 0.1) is 5.82 Å². The molecule has 0 aliphatic heterocycles. The van der Waals surface area contributed by atoms with E-state index < -0.39 is 0 Å². The summed E-state index contributed by atoms with van der Waals surface area (Å²) < 4.78 is 25.8. The van der Waals surface area contributed by atoms with Gasteiger partial charge in [-0.25, -0.2) is 19.3 Å². The maximum atomic E-state index is 15.0. The molecule has 0 saturated heterocycles. The van der Waals surface area contributed by atoms with Crippen molar-refractivity contribution in [1.29, 1.82) is 0 Å². The van der Waals surface area contributed by atoms with Crippen molar-refractivity contribution in [1.82, 2.24) is 15.0 Å². The van der Waals surface area contributed by atoms with E-state index in [-0.39, 0.29) is 11.9 Å². The van der Waals surface area contributed by atoms with E-state index in [0.29, 0.717) is 17.9 Å². The molecule has 0 radical (unpaired) electrons. The summed E-state index contributed by atoms with van der Waals surface area (Å²) in [7, 11) is 3.32. The van der Waals surface area contributed by atoms with Gasteiger partial charge in [-0.1, -0.05) is 6.07 Å². The molecule has 8 heteroatoms. The standard InChI is InChI=1S/C24H25FN4O2S/c1-4-29(10-11-30-2)17-6-7-18-21(14-17)27-15-28-22(18)19-13-16(5-8-20(19)25)23(31-3)24-26-9-12-32-24/h5-9,12-15,23H,4,10-11H2,1-3H3. The monoisotopic (exact) mass is 452 g/mol. The second-order valence-corrected chi connectivity index (χ2v) is 8.15. The lowest BCUT2D eigenvalue weighted by Gasteiger charge is -2.23. The number of halogens is 1. The number of fused-ring (bicyclic) bond motifs is 1. The van der Waals surface area contributed by atoms with Gasteiger partial charge in [-0.2, -0.15) is 0 Å². The Hall–Kier alpha value is -2.94. The first-order chi connectivity index (χ1) is 15.7. The third-order valence-electron chi connectivity index (χ3n) is 5.39. The molecular weight excluding hydrogens is 427 g/mol. The molecule has 0 aliphatic rings. The Morgan fingerprint density at radius 2 is 1.97 bits per heavy atom. The summed E-state index contributed by atoms with van der Waals surface area (Å²) in [6.07, 6.45) is 2.85. The molecule has 2 aromatic heterocycles. The number of likely N-dealkylation sites (N-methyl/N-ethyl adjacent to an activating group) is 1. The number of anilines is 1. The van der Waals surface area contributed by atoms with Crippen LogP contribution in [0.25, 0.3) is 22.2 Å². The Bertz CT molecular complexity index is 1190. The molecule has 4 rings (SSSR count). The van der Waals surface area contributed by atoms with Crippen LogP contribution < -0.4 is 4.90 Å². The van der Waals surface area contributed by atoms with Crippen LogP contribution in [0.1, 0.15) is 23.6 Å². The largest absolute Gasteiger partial charge is 0.383 e. The maximum absolute atomic E-state index is 15.0. The number of thiazole rings is 1. The summed E-state index contributed by atoms with van der Waals surface area (Å²) in [5.74, 6) is -0.345. The molecule has 0 bridgehead atoms. The molecule has 4 aromatic rings. The first kappa shape index (κ1) is 22.3. The summed E-state index contributed by atoms with van der Waals surface area (Å²) in [5, 5.41) is 3.50. The first-order valence-electron chi connectivity index (χ1n) is 10.4. The van der Waals surface area contributed by atoms with Crippen molar-refractivity contribution in [2.24, 2.45) is 0 Å². The molecular formula is C24H25FN4O2S. The van der Waals surface area contributed by atoms with Gasteiger partial charge < -0.3 is 14.4 Å². The minimum atomic E-state index is -0.368. The molecule has 2 heterocycles. The van der Waals surface area contributed by atoms with Gasteiger partial charge in [0.15, 0.2) is 0 Å². The van der Waals surface area contributed by atoms with E-state index in [9.17, 15) is 4.39 Å². The Labute approximate surface area is 190 Å². The minimum Gasteiger partial charge on any atom is -0.383 e. The van der Waals surface area contributed by atoms with E-state index in [2.05, 4.69) is 26.8 Å². The number of ether oxygens (including phenoxy) is 2. The molecule has 0 N–H and O–H groups in total. The van der Waals surface area contributed by atoms with Crippen molar-refractivity contribution in [2.75, 3.05) is 38.8 Å². The smallest absolute Gasteiger partial charge is 0.134 e. The molecule has 1 unspecified atom stereocenters. The summed E-state index contributed by atoms with van der Waals surface area (Å²) in [4.78, 5) is 15.4. The fraction of sp³-hybridized carbons (Fsp3) is 0.292. The first-order valence-corrected chi connectivity index (χ1v) is 11.2. The number of hydrogen-bond donors (Lipinski definition) is 0. The number of methoxy groups -OCH3 is 2. The van der Waals surface area contributed by atoms with Crippen LogP contribution >= 0.6 is 11.3 Å². The second-order valence-electron chi connectivity index (χ2n) is 7.22. The van der Waals surface area contributed by atoms with Crippen molar-refractivity contribution in [2.45, 2.75) is 13.0 Å². The van der Waals surface area contributed by atoms with Gasteiger partial charge in [-0.3, -0.25) is 0 Å². The van der Waals surface area contributed by atoms with Gasteiger partial charge in [0.2, 0.25) is 0 Å². The van der Waals surface area contributed by atoms with E-state index in [0.717, 1.165) is 40.3 Å². The molecule has 0 spiro atoms. The van der Waals surface area contributed by atoms with Crippen molar-refractivity contribution in [3.63, 3.8) is 0 Å². The molecule has 2 aromatic carbocycles. The summed E-state index contributed by atoms with van der Waals surface area (Å²) in [5.41, 5.74) is 3.58. The second kappa shape index (κ2) is 10.1. The predicted octanol–water partition coefficient (Wildman–Crippen LogP) is 5.10. The van der Waals surface area contributed by atoms with Crippen LogP contribution in [-0.2, 0) is 9.47 Å². The summed E-state index contributed by atoms with van der Waals surface area (Å²) in [6.45, 7) is 4.36. The van der Waals surface area contributed by atoms with E-state index in [1.807, 2.05) is 23.6 Å². The minimum absolute atomic E-state index is 0.345. The van der Waals surface area contributed by atoms with Crippen molar-refractivity contribution < 1.29 is 13.9 Å². The van der Waals surface area contributed by atoms with Crippen molar-refractivity contribution in [3.05, 3.63) is 70.7 Å². The van der Waals surface area contributed by atoms with Gasteiger partial charge in [0.05, 0.1) is 17.8 Å². The number of aromatic nitrogens is 3. The number of nitrogens with zero attached hydrogens (tertiary/aromatic N) is 4. The van der Waals surface area contributed by atoms with Crippen LogP contribution in [0.3, 0.4) is 0 Å². The van der Waals surface area contributed by atoms with Gasteiger partial charge in [0, 0.05) is 55.5 Å². The lowest BCUT2D eigenvalue weighted by Crippen LogP contribution is -2.26. The van der Waals surface area contributed by atoms with Gasteiger partial charge in [0.1, 0.15) is 23.3 Å². The van der Waals surface area contributed by atoms with E-state index in [1.165, 1.54) is 23.7 Å². The van der Waals surface area contributed by atoms with Crippen LogP contribution in [0.5, 0.6) is 0 Å². The molecule has 1 atom stereocenters. The average molecular weight is 453 g/mol. The highest BCUT2D eigenvalue weighted by atomic mass is 32.1. The molecule has 0 saturated carbocycles. The molecule has 0 amide bonds. The van der Waals surface area contributed by atoms with Gasteiger partial charge in [-0.15, -0.1) is 11.3 Å². The van der Waals surface area contributed by atoms with Crippen LogP contribution in [0.2, 0.25) is 0 Å². The van der Waals surface area contributed by atoms with Crippen molar-refractivity contribution >= 4 is 27.9 Å². The fourth-order valence-corrected chi connectivity index (χ4v) is 4.50. The zero-order valence-corrected chi connectivity index (χ0v) is 19.1. The number of benzene rings is 2. The van der Waals surface area contributed by atoms with Crippen LogP contribution in [-0.4, -0.2) is 48.9 Å². The van der Waals surface area contributed by atoms with Crippen LogP contribution in [0.15, 0.2) is 54.3 Å². The molecule has 166 valence electrons. The average Bonchev–Trinajstić information content (AvgIpc) is 3.35. The Kier molecular flexibility index (Phi) is 7.04. The van der Waals surface area contributed by atoms with Crippen LogP contribution in [0.4, 0.5) is 10.1 Å². The number of rotatable bonds is 9. The summed E-state index contributed by atoms with van der Waals surface area (Å²) in [6, 6.07) is 11.0. The molecule has 0 aliphatic carbocycles. The quantitative estimate of drug-likeness (QED) is 0.352. The summed E-state index contributed by atoms with van der Waals surface area (Å²) >= 11 is 1.50. The topological polar surface area (TPSA) is 60.4 Å². The zero-order valence-electron chi connectivity index (χ0n) is 18.3. The normalized spacial score (nSPS) is 12.2. The van der Waals surface area contributed by atoms with Gasteiger partial charge >= 0.3 is 0 Å². The lowest BCUT2D eigenvalue weighted by molar-refractivity contribution is 0.136. The predicted molar refractivity (Wildman–Crippen MR) is 126 cm³/mol. The Balaban J connectivity index is 1.76. The third-order valence-corrected chi connectivity index (χ3v) is 6.21. The van der Waals surface area contributed by atoms with Gasteiger partial charge in [0.25, 0.3) is 0 Å². The lowest BCUT2D eigenvalue weighted by atomic mass is 10.0. The van der Waals surface area contributed by atoms with Crippen molar-refractivity contribution in [3.8, 4) is 11.3 Å². The zero-order chi connectivity index (χ0) is 22.5. The van der Waals surface area contributed by atoms with E-state index in [1.54, 1.807) is 32.5 Å². The molecule has 0 fully saturated rings. The highest BCUT2D eigenvalue weighted by Crippen LogP contribution is 2.34. The van der Waals surface area contributed by atoms with E-state index in [4.69, 9.17) is 9.47 Å². The molecule has 6 nitrogen and oxygen atoms in total. The maximum Gasteiger partial charge on any atom is 0.134 e. The highest BCUT2D eigenvalue weighted by Gasteiger charge is 2.20. The van der Waals surface area contributed by atoms with E-state index >= 15 is 0 Å². The third kappa shape index (κ3) is 4.48. The highest BCUT2D eigenvalue weighted by molar-refractivity contribution is 7.09. The Morgan fingerprint density at radius 1 is 1.09 bits per heavy atom. The molecule has 32 heavy (non-hydrogen) atoms. The fourth-order valence-electron chi connectivity index (χ4n) is 3.76.